The number of aromatic nitrogens is 1. The second-order valence-corrected chi connectivity index (χ2v) is 3.90. The van der Waals surface area contributed by atoms with Crippen molar-refractivity contribution < 1.29 is 9.90 Å². The summed E-state index contributed by atoms with van der Waals surface area (Å²) in [7, 11) is 0. The molecule has 0 aliphatic heterocycles. The zero-order valence-electron chi connectivity index (χ0n) is 8.59. The topological polar surface area (TPSA) is 70.2 Å². The van der Waals surface area contributed by atoms with Crippen LogP contribution < -0.4 is 5.56 Å². The van der Waals surface area contributed by atoms with E-state index >= 15 is 0 Å². The molecule has 4 heteroatoms. The van der Waals surface area contributed by atoms with Crippen molar-refractivity contribution in [2.75, 3.05) is 0 Å². The summed E-state index contributed by atoms with van der Waals surface area (Å²) in [5.41, 5.74) is 0.955. The number of rotatable bonds is 1. The zero-order valence-corrected chi connectivity index (χ0v) is 8.59. The number of hydrogen-bond donors (Lipinski definition) is 2. The van der Waals surface area contributed by atoms with Crippen molar-refractivity contribution in [1.82, 2.24) is 4.98 Å². The number of carbonyl (C=O) groups is 1. The van der Waals surface area contributed by atoms with E-state index in [1.165, 1.54) is 6.92 Å². The van der Waals surface area contributed by atoms with Crippen LogP contribution in [0, 0.1) is 0 Å². The highest BCUT2D eigenvalue weighted by Crippen LogP contribution is 2.28. The van der Waals surface area contributed by atoms with Crippen molar-refractivity contribution in [2.45, 2.75) is 32.6 Å². The van der Waals surface area contributed by atoms with Gasteiger partial charge in [0.2, 0.25) is 0 Å². The SMILES string of the molecule is CC(=O)c1c(O)c2c([nH]c1=O)CCCC2. The molecule has 1 aliphatic rings. The average Bonchev–Trinajstić information content (AvgIpc) is 2.17. The van der Waals surface area contributed by atoms with E-state index in [0.717, 1.165) is 36.9 Å². The van der Waals surface area contributed by atoms with E-state index in [1.807, 2.05) is 0 Å². The summed E-state index contributed by atoms with van der Waals surface area (Å²) < 4.78 is 0. The van der Waals surface area contributed by atoms with E-state index in [2.05, 4.69) is 4.98 Å². The molecule has 2 rings (SSSR count). The van der Waals surface area contributed by atoms with Gasteiger partial charge in [-0.15, -0.1) is 0 Å². The van der Waals surface area contributed by atoms with E-state index in [-0.39, 0.29) is 17.1 Å². The fraction of sp³-hybridized carbons (Fsp3) is 0.455. The number of nitrogens with one attached hydrogen (secondary N) is 1. The van der Waals surface area contributed by atoms with E-state index in [9.17, 15) is 14.7 Å². The van der Waals surface area contributed by atoms with Crippen molar-refractivity contribution in [3.8, 4) is 5.75 Å². The second kappa shape index (κ2) is 3.53. The first kappa shape index (κ1) is 9.96. The molecule has 0 atom stereocenters. The smallest absolute Gasteiger partial charge is 0.262 e. The van der Waals surface area contributed by atoms with Gasteiger partial charge in [0.05, 0.1) is 0 Å². The molecule has 1 heterocycles. The Kier molecular flexibility index (Phi) is 2.34. The van der Waals surface area contributed by atoms with Crippen molar-refractivity contribution in [1.29, 1.82) is 0 Å². The summed E-state index contributed by atoms with van der Waals surface area (Å²) in [6.45, 7) is 1.29. The van der Waals surface area contributed by atoms with Gasteiger partial charge in [0.1, 0.15) is 11.3 Å². The molecule has 1 aromatic rings. The van der Waals surface area contributed by atoms with E-state index in [4.69, 9.17) is 0 Å². The van der Waals surface area contributed by atoms with Crippen molar-refractivity contribution >= 4 is 5.78 Å². The standard InChI is InChI=1S/C11H13NO3/c1-6(13)9-10(14)7-4-2-3-5-8(7)12-11(9)15/h2-5H2,1H3,(H2,12,14,15). The maximum Gasteiger partial charge on any atom is 0.262 e. The van der Waals surface area contributed by atoms with Crippen LogP contribution in [0.3, 0.4) is 0 Å². The lowest BCUT2D eigenvalue weighted by molar-refractivity contribution is 0.101. The molecule has 0 fully saturated rings. The lowest BCUT2D eigenvalue weighted by atomic mass is 9.93. The molecule has 0 amide bonds. The Balaban J connectivity index is 2.70. The fourth-order valence-electron chi connectivity index (χ4n) is 2.09. The molecule has 1 aromatic heterocycles. The molecular formula is C11H13NO3. The largest absolute Gasteiger partial charge is 0.507 e. The van der Waals surface area contributed by atoms with Gasteiger partial charge in [0.15, 0.2) is 5.78 Å². The van der Waals surface area contributed by atoms with Crippen LogP contribution in [0.25, 0.3) is 0 Å². The third-order valence-corrected chi connectivity index (χ3v) is 2.83. The molecule has 80 valence electrons. The Morgan fingerprint density at radius 2 is 2.00 bits per heavy atom. The van der Waals surface area contributed by atoms with Crippen LogP contribution in [0.1, 0.15) is 41.4 Å². The molecule has 0 bridgehead atoms. The Bertz CT molecular complexity index is 473. The Morgan fingerprint density at radius 3 is 2.67 bits per heavy atom. The van der Waals surface area contributed by atoms with Crippen LogP contribution in [0.2, 0.25) is 0 Å². The number of H-pyrrole nitrogens is 1. The van der Waals surface area contributed by atoms with Crippen LogP contribution in [0.5, 0.6) is 5.75 Å². The van der Waals surface area contributed by atoms with Gasteiger partial charge in [-0.2, -0.15) is 0 Å². The lowest BCUT2D eigenvalue weighted by Crippen LogP contribution is -2.21. The average molecular weight is 207 g/mol. The quantitative estimate of drug-likeness (QED) is 0.679. The number of Topliss-reactive ketones (excluding diaryl/α,β-unsaturated/α-hetero) is 1. The first-order valence-corrected chi connectivity index (χ1v) is 5.09. The van der Waals surface area contributed by atoms with E-state index in [1.54, 1.807) is 0 Å². The zero-order chi connectivity index (χ0) is 11.0. The molecule has 1 aliphatic carbocycles. The fourth-order valence-corrected chi connectivity index (χ4v) is 2.09. The van der Waals surface area contributed by atoms with E-state index in [0.29, 0.717) is 0 Å². The number of aryl methyl sites for hydroxylation is 1. The molecule has 2 N–H and O–H groups in total. The molecule has 4 nitrogen and oxygen atoms in total. The van der Waals surface area contributed by atoms with Gasteiger partial charge in [-0.1, -0.05) is 0 Å². The Hall–Kier alpha value is -1.58. The minimum absolute atomic E-state index is 0.101. The number of fused-ring (bicyclic) bond motifs is 1. The number of carbonyl (C=O) groups excluding carboxylic acids is 1. The van der Waals surface area contributed by atoms with Crippen LogP contribution in [-0.4, -0.2) is 15.9 Å². The number of aromatic amines is 1. The monoisotopic (exact) mass is 207 g/mol. The molecule has 0 radical (unpaired) electrons. The first-order valence-electron chi connectivity index (χ1n) is 5.09. The van der Waals surface area contributed by atoms with Crippen molar-refractivity contribution in [3.63, 3.8) is 0 Å². The third kappa shape index (κ3) is 1.56. The Labute approximate surface area is 87.0 Å². The maximum absolute atomic E-state index is 11.5. The van der Waals surface area contributed by atoms with Gasteiger partial charge in [-0.05, 0) is 32.6 Å². The summed E-state index contributed by atoms with van der Waals surface area (Å²) >= 11 is 0. The van der Waals surface area contributed by atoms with Gasteiger partial charge in [0.25, 0.3) is 5.56 Å². The molecule has 0 aromatic carbocycles. The molecular weight excluding hydrogens is 194 g/mol. The number of pyridine rings is 1. The highest BCUT2D eigenvalue weighted by Gasteiger charge is 2.21. The molecule has 0 saturated heterocycles. The van der Waals surface area contributed by atoms with Gasteiger partial charge in [-0.3, -0.25) is 9.59 Å². The van der Waals surface area contributed by atoms with Crippen molar-refractivity contribution in [2.24, 2.45) is 0 Å². The minimum atomic E-state index is -0.472. The number of ketones is 1. The number of aromatic hydroxyl groups is 1. The second-order valence-electron chi connectivity index (χ2n) is 3.90. The van der Waals surface area contributed by atoms with Gasteiger partial charge >= 0.3 is 0 Å². The number of hydrogen-bond acceptors (Lipinski definition) is 3. The minimum Gasteiger partial charge on any atom is -0.507 e. The maximum atomic E-state index is 11.5. The predicted octanol–water partition coefficient (Wildman–Crippen LogP) is 1.16. The van der Waals surface area contributed by atoms with Gasteiger partial charge < -0.3 is 10.1 Å². The predicted molar refractivity (Wildman–Crippen MR) is 55.4 cm³/mol. The van der Waals surface area contributed by atoms with Crippen molar-refractivity contribution in [3.05, 3.63) is 27.2 Å². The summed E-state index contributed by atoms with van der Waals surface area (Å²) in [5.74, 6) is -0.497. The van der Waals surface area contributed by atoms with Crippen LogP contribution in [0.4, 0.5) is 0 Å². The first-order chi connectivity index (χ1) is 7.11. The van der Waals surface area contributed by atoms with E-state index < -0.39 is 5.56 Å². The van der Waals surface area contributed by atoms with Crippen LogP contribution in [-0.2, 0) is 12.8 Å². The molecule has 0 saturated carbocycles. The highest BCUT2D eigenvalue weighted by molar-refractivity contribution is 5.96. The van der Waals surface area contributed by atoms with Gasteiger partial charge in [-0.25, -0.2) is 0 Å². The summed E-state index contributed by atoms with van der Waals surface area (Å²) in [6.07, 6.45) is 3.51. The molecule has 15 heavy (non-hydrogen) atoms. The van der Waals surface area contributed by atoms with Gasteiger partial charge in [0, 0.05) is 11.3 Å². The lowest BCUT2D eigenvalue weighted by Gasteiger charge is -2.17. The third-order valence-electron chi connectivity index (χ3n) is 2.83. The Morgan fingerprint density at radius 1 is 1.33 bits per heavy atom. The highest BCUT2D eigenvalue weighted by atomic mass is 16.3. The summed E-state index contributed by atoms with van der Waals surface area (Å²) in [4.78, 5) is 25.4. The molecule has 0 spiro atoms. The normalized spacial score (nSPS) is 14.7. The van der Waals surface area contributed by atoms with Crippen LogP contribution in [0.15, 0.2) is 4.79 Å². The van der Waals surface area contributed by atoms with Crippen LogP contribution >= 0.6 is 0 Å². The summed E-state index contributed by atoms with van der Waals surface area (Å²) in [5, 5.41) is 9.85. The molecule has 0 unspecified atom stereocenters. The summed E-state index contributed by atoms with van der Waals surface area (Å²) in [6, 6.07) is 0.